The summed E-state index contributed by atoms with van der Waals surface area (Å²) >= 11 is 0. The number of amides is 4. The molecule has 0 bridgehead atoms. The van der Waals surface area contributed by atoms with Crippen LogP contribution in [0.1, 0.15) is 25.7 Å². The number of benzene rings is 2. The van der Waals surface area contributed by atoms with E-state index >= 15 is 0 Å². The topological polar surface area (TPSA) is 134 Å². The van der Waals surface area contributed by atoms with E-state index in [1.165, 1.54) is 18.2 Å². The fraction of sp³-hybridized carbons (Fsp3) is 0.370. The van der Waals surface area contributed by atoms with Gasteiger partial charge in [0.1, 0.15) is 18.5 Å². The molecule has 2 heterocycles. The molecule has 3 N–H and O–H groups in total. The van der Waals surface area contributed by atoms with Crippen molar-refractivity contribution in [1.82, 2.24) is 15.5 Å². The normalized spacial score (nSPS) is 18.8. The fourth-order valence-electron chi connectivity index (χ4n) is 4.77. The van der Waals surface area contributed by atoms with Crippen molar-refractivity contribution in [2.24, 2.45) is 5.92 Å². The molecule has 0 aromatic heterocycles. The summed E-state index contributed by atoms with van der Waals surface area (Å²) in [4.78, 5) is 64.7. The number of rotatable bonds is 9. The van der Waals surface area contributed by atoms with Crippen LogP contribution in [0.15, 0.2) is 30.3 Å². The molecule has 42 heavy (non-hydrogen) atoms. The number of ether oxygens (including phenoxy) is 1. The van der Waals surface area contributed by atoms with Gasteiger partial charge in [-0.3, -0.25) is 24.0 Å². The molecule has 15 heteroatoms. The van der Waals surface area contributed by atoms with E-state index in [0.29, 0.717) is 19.4 Å². The van der Waals surface area contributed by atoms with Gasteiger partial charge in [-0.25, -0.2) is 13.2 Å². The van der Waals surface area contributed by atoms with Crippen molar-refractivity contribution in [2.45, 2.75) is 37.8 Å². The molecule has 0 saturated carbocycles. The number of hydrogen-bond acceptors (Lipinski definition) is 6. The van der Waals surface area contributed by atoms with Gasteiger partial charge in [0.15, 0.2) is 23.2 Å². The van der Waals surface area contributed by atoms with Gasteiger partial charge in [0.25, 0.3) is 0 Å². The Balaban J connectivity index is 1.47. The van der Waals surface area contributed by atoms with Crippen LogP contribution in [0.25, 0.3) is 0 Å². The third kappa shape index (κ3) is 6.66. The summed E-state index contributed by atoms with van der Waals surface area (Å²) in [6, 6.07) is 2.41. The molecular formula is C27H25F5N4O6. The number of Topliss-reactive ketones (excluding diaryl/α,β-unsaturated/α-hetero) is 1. The van der Waals surface area contributed by atoms with E-state index in [4.69, 9.17) is 4.74 Å². The van der Waals surface area contributed by atoms with Crippen molar-refractivity contribution in [1.29, 1.82) is 0 Å². The van der Waals surface area contributed by atoms with Crippen LogP contribution < -0.4 is 20.7 Å². The summed E-state index contributed by atoms with van der Waals surface area (Å²) in [5.41, 5.74) is -0.248. The highest BCUT2D eigenvalue weighted by Crippen LogP contribution is 2.27. The molecule has 3 unspecified atom stereocenters. The fourth-order valence-corrected chi connectivity index (χ4v) is 4.77. The number of carbonyl (C=O) groups is 5. The van der Waals surface area contributed by atoms with Gasteiger partial charge in [-0.15, -0.1) is 0 Å². The third-order valence-electron chi connectivity index (χ3n) is 6.95. The Hall–Kier alpha value is -4.56. The molecule has 2 aliphatic heterocycles. The highest BCUT2D eigenvalue weighted by atomic mass is 19.2. The van der Waals surface area contributed by atoms with Gasteiger partial charge in [0, 0.05) is 25.1 Å². The third-order valence-corrected chi connectivity index (χ3v) is 6.95. The number of likely N-dealkylation sites (tertiary alicyclic amines) is 1. The molecule has 224 valence electrons. The summed E-state index contributed by atoms with van der Waals surface area (Å²) in [5.74, 6) is -14.8. The van der Waals surface area contributed by atoms with E-state index in [1.54, 1.807) is 0 Å². The number of ketones is 1. The van der Waals surface area contributed by atoms with E-state index < -0.39 is 88.9 Å². The zero-order chi connectivity index (χ0) is 30.6. The van der Waals surface area contributed by atoms with Gasteiger partial charge in [-0.2, -0.15) is 8.78 Å². The van der Waals surface area contributed by atoms with Crippen LogP contribution in [-0.4, -0.2) is 66.1 Å². The number of carbonyl (C=O) groups excluding carboxylic acids is 5. The highest BCUT2D eigenvalue weighted by molar-refractivity contribution is 6.40. The predicted molar refractivity (Wildman–Crippen MR) is 134 cm³/mol. The maximum Gasteiger partial charge on any atom is 0.314 e. The monoisotopic (exact) mass is 596 g/mol. The first-order chi connectivity index (χ1) is 20.0. The van der Waals surface area contributed by atoms with Crippen LogP contribution in [-0.2, 0) is 24.0 Å². The van der Waals surface area contributed by atoms with Crippen molar-refractivity contribution in [3.8, 4) is 5.75 Å². The molecule has 2 aromatic rings. The smallest absolute Gasteiger partial charge is 0.314 e. The number of nitrogens with one attached hydrogen (secondary N) is 3. The quantitative estimate of drug-likeness (QED) is 0.230. The van der Waals surface area contributed by atoms with Gasteiger partial charge in [0.05, 0.1) is 11.7 Å². The molecule has 0 aliphatic carbocycles. The number of anilines is 1. The van der Waals surface area contributed by atoms with E-state index in [2.05, 4.69) is 16.0 Å². The molecule has 0 spiro atoms. The number of para-hydroxylation sites is 1. The van der Waals surface area contributed by atoms with Crippen LogP contribution in [0, 0.1) is 35.0 Å². The van der Waals surface area contributed by atoms with Crippen LogP contribution >= 0.6 is 0 Å². The highest BCUT2D eigenvalue weighted by Gasteiger charge is 2.39. The van der Waals surface area contributed by atoms with Crippen molar-refractivity contribution < 1.29 is 50.7 Å². The van der Waals surface area contributed by atoms with Crippen LogP contribution in [0.4, 0.5) is 27.6 Å². The largest absolute Gasteiger partial charge is 0.479 e. The first kappa shape index (κ1) is 30.4. The van der Waals surface area contributed by atoms with E-state index in [-0.39, 0.29) is 31.1 Å². The molecule has 2 saturated heterocycles. The van der Waals surface area contributed by atoms with Gasteiger partial charge < -0.3 is 25.6 Å². The lowest BCUT2D eigenvalue weighted by molar-refractivity contribution is -0.146. The summed E-state index contributed by atoms with van der Waals surface area (Å²) in [6.45, 7) is -0.831. The van der Waals surface area contributed by atoms with Crippen LogP contribution in [0.5, 0.6) is 5.75 Å². The zero-order valence-electron chi connectivity index (χ0n) is 21.9. The maximum absolute atomic E-state index is 14.0. The first-order valence-electron chi connectivity index (χ1n) is 12.9. The lowest BCUT2D eigenvalue weighted by atomic mass is 9.95. The average molecular weight is 597 g/mol. The van der Waals surface area contributed by atoms with Crippen molar-refractivity contribution in [2.75, 3.05) is 25.0 Å². The summed E-state index contributed by atoms with van der Waals surface area (Å²) in [6.07, 6.45) is 0.469. The van der Waals surface area contributed by atoms with Gasteiger partial charge in [0.2, 0.25) is 23.4 Å². The minimum absolute atomic E-state index is 0.00193. The predicted octanol–water partition coefficient (Wildman–Crippen LogP) is 1.97. The van der Waals surface area contributed by atoms with Crippen molar-refractivity contribution in [3.63, 3.8) is 0 Å². The lowest BCUT2D eigenvalue weighted by Crippen LogP contribution is -2.53. The summed E-state index contributed by atoms with van der Waals surface area (Å²) in [7, 11) is 0. The molecule has 3 atom stereocenters. The van der Waals surface area contributed by atoms with Crippen molar-refractivity contribution in [3.05, 3.63) is 59.4 Å². The SMILES string of the molecule is O=C(Nc1ccccc1F)C(=O)N1CCCC1C(=O)NC(CC1CCNC1=O)C(=O)COc1c(F)c(F)cc(F)c1F. The molecule has 4 rings (SSSR count). The summed E-state index contributed by atoms with van der Waals surface area (Å²) in [5, 5.41) is 7.11. The molecule has 2 aromatic carbocycles. The lowest BCUT2D eigenvalue weighted by Gasteiger charge is -2.26. The Morgan fingerprint density at radius 2 is 1.69 bits per heavy atom. The molecule has 4 amide bonds. The Kier molecular flexibility index (Phi) is 9.38. The maximum atomic E-state index is 14.0. The van der Waals surface area contributed by atoms with Crippen LogP contribution in [0.2, 0.25) is 0 Å². The van der Waals surface area contributed by atoms with E-state index in [0.717, 1.165) is 11.0 Å². The number of halogens is 5. The number of hydrogen-bond donors (Lipinski definition) is 3. The van der Waals surface area contributed by atoms with E-state index in [1.807, 2.05) is 0 Å². The molecule has 2 fully saturated rings. The summed E-state index contributed by atoms with van der Waals surface area (Å²) < 4.78 is 73.7. The first-order valence-corrected chi connectivity index (χ1v) is 12.9. The standard InChI is InChI=1S/C27H25F5N4O6/c28-14-4-1-2-5-17(14)34-26(40)27(41)36-9-3-6-19(36)25(39)35-18(10-13-7-8-33-24(13)38)20(37)12-42-23-21(31)15(29)11-16(30)22(23)32/h1-2,4-5,11,13,18-19H,3,6-10,12H2,(H,33,38)(H,34,40)(H,35,39). The Bertz CT molecular complexity index is 1400. The van der Waals surface area contributed by atoms with Gasteiger partial charge in [-0.1, -0.05) is 12.1 Å². The average Bonchev–Trinajstić information content (AvgIpc) is 3.61. The Morgan fingerprint density at radius 3 is 2.33 bits per heavy atom. The minimum atomic E-state index is -1.87. The second kappa shape index (κ2) is 13.0. The second-order valence-electron chi connectivity index (χ2n) is 9.72. The molecule has 2 aliphatic rings. The van der Waals surface area contributed by atoms with Crippen molar-refractivity contribution >= 4 is 35.1 Å². The second-order valence-corrected chi connectivity index (χ2v) is 9.72. The minimum Gasteiger partial charge on any atom is -0.479 e. The van der Waals surface area contributed by atoms with Crippen LogP contribution in [0.3, 0.4) is 0 Å². The Labute approximate surface area is 235 Å². The Morgan fingerprint density at radius 1 is 1.00 bits per heavy atom. The zero-order valence-corrected chi connectivity index (χ0v) is 21.9. The van der Waals surface area contributed by atoms with Gasteiger partial charge in [-0.05, 0) is 37.8 Å². The number of nitrogens with zero attached hydrogens (tertiary/aromatic N) is 1. The van der Waals surface area contributed by atoms with E-state index in [9.17, 15) is 45.9 Å². The molecule has 10 nitrogen and oxygen atoms in total. The molecule has 0 radical (unpaired) electrons. The molecular weight excluding hydrogens is 571 g/mol. The van der Waals surface area contributed by atoms with Gasteiger partial charge >= 0.3 is 11.8 Å².